The Balaban J connectivity index is 1.96. The molecule has 4 rings (SSSR count). The molecule has 0 aliphatic rings. The number of hydrogen-bond donors (Lipinski definition) is 2. The van der Waals surface area contributed by atoms with E-state index in [9.17, 15) is 0 Å². The van der Waals surface area contributed by atoms with Gasteiger partial charge in [-0.2, -0.15) is 0 Å². The third-order valence-electron chi connectivity index (χ3n) is 4.79. The van der Waals surface area contributed by atoms with Crippen LogP contribution in [0.1, 0.15) is 29.5 Å². The van der Waals surface area contributed by atoms with Gasteiger partial charge in [-0.3, -0.25) is 4.98 Å². The molecule has 0 bridgehead atoms. The number of fused-ring (bicyclic) bond motifs is 1. The summed E-state index contributed by atoms with van der Waals surface area (Å²) in [5.74, 6) is 0.260. The summed E-state index contributed by atoms with van der Waals surface area (Å²) >= 11 is 0. The van der Waals surface area contributed by atoms with Crippen LogP contribution in [0.4, 0.5) is 0 Å². The molecule has 1 atom stereocenters. The zero-order chi connectivity index (χ0) is 17.2. The third-order valence-corrected chi connectivity index (χ3v) is 4.79. The molecular formula is C22H21N3. The molecular weight excluding hydrogens is 306 g/mol. The molecule has 0 saturated carbocycles. The molecule has 0 aliphatic carbocycles. The molecule has 2 heterocycles. The minimum atomic E-state index is 0.260. The quantitative estimate of drug-likeness (QED) is 0.563. The van der Waals surface area contributed by atoms with Gasteiger partial charge in [-0.1, -0.05) is 55.5 Å². The normalized spacial score (nSPS) is 12.4. The van der Waals surface area contributed by atoms with Crippen molar-refractivity contribution in [1.82, 2.24) is 9.97 Å². The van der Waals surface area contributed by atoms with E-state index >= 15 is 0 Å². The summed E-state index contributed by atoms with van der Waals surface area (Å²) in [5, 5.41) is 1.23. The molecule has 2 aromatic carbocycles. The van der Waals surface area contributed by atoms with Crippen molar-refractivity contribution in [2.45, 2.75) is 19.4 Å². The van der Waals surface area contributed by atoms with Gasteiger partial charge in [-0.05, 0) is 34.9 Å². The largest absolute Gasteiger partial charge is 0.353 e. The molecule has 0 radical (unpaired) electrons. The maximum absolute atomic E-state index is 5.82. The van der Waals surface area contributed by atoms with Crippen molar-refractivity contribution < 1.29 is 0 Å². The molecule has 0 saturated heterocycles. The fraction of sp³-hybridized carbons (Fsp3) is 0.136. The van der Waals surface area contributed by atoms with Crippen molar-refractivity contribution in [3.8, 4) is 11.4 Å². The van der Waals surface area contributed by atoms with Crippen LogP contribution in [0.5, 0.6) is 0 Å². The molecule has 4 aromatic rings. The Labute approximate surface area is 147 Å². The van der Waals surface area contributed by atoms with Gasteiger partial charge in [0.05, 0.1) is 11.4 Å². The molecule has 0 aliphatic heterocycles. The van der Waals surface area contributed by atoms with Gasteiger partial charge in [0.25, 0.3) is 0 Å². The molecule has 0 amide bonds. The molecule has 0 fully saturated rings. The first-order valence-corrected chi connectivity index (χ1v) is 8.59. The minimum Gasteiger partial charge on any atom is -0.353 e. The molecule has 3 N–H and O–H groups in total. The number of aromatic amines is 1. The van der Waals surface area contributed by atoms with E-state index in [2.05, 4.69) is 71.5 Å². The summed E-state index contributed by atoms with van der Waals surface area (Å²) in [5.41, 5.74) is 12.7. The van der Waals surface area contributed by atoms with E-state index in [0.717, 1.165) is 22.5 Å². The molecule has 3 nitrogen and oxygen atoms in total. The van der Waals surface area contributed by atoms with Gasteiger partial charge in [0.15, 0.2) is 0 Å². The number of nitrogens with two attached hydrogens (primary N) is 1. The average molecular weight is 327 g/mol. The highest BCUT2D eigenvalue weighted by Gasteiger charge is 2.20. The Bertz CT molecular complexity index is 988. The monoisotopic (exact) mass is 327 g/mol. The summed E-state index contributed by atoms with van der Waals surface area (Å²) in [4.78, 5) is 8.16. The van der Waals surface area contributed by atoms with Crippen molar-refractivity contribution >= 4 is 10.9 Å². The van der Waals surface area contributed by atoms with Crippen LogP contribution in [0.25, 0.3) is 22.3 Å². The highest BCUT2D eigenvalue weighted by molar-refractivity contribution is 5.91. The van der Waals surface area contributed by atoms with Crippen LogP contribution in [-0.4, -0.2) is 9.97 Å². The Morgan fingerprint density at radius 3 is 2.52 bits per heavy atom. The van der Waals surface area contributed by atoms with Crippen LogP contribution >= 0.6 is 0 Å². The number of nitrogens with one attached hydrogen (secondary N) is 1. The second-order valence-electron chi connectivity index (χ2n) is 6.35. The fourth-order valence-corrected chi connectivity index (χ4v) is 3.46. The molecule has 3 heteroatoms. The van der Waals surface area contributed by atoms with Crippen molar-refractivity contribution in [2.75, 3.05) is 0 Å². The fourth-order valence-electron chi connectivity index (χ4n) is 3.46. The van der Waals surface area contributed by atoms with E-state index < -0.39 is 0 Å². The smallest absolute Gasteiger partial charge is 0.0867 e. The van der Waals surface area contributed by atoms with Crippen LogP contribution in [0.3, 0.4) is 0 Å². The Hall–Kier alpha value is -2.91. The molecule has 2 aromatic heterocycles. The number of pyridine rings is 1. The zero-order valence-electron chi connectivity index (χ0n) is 14.2. The van der Waals surface area contributed by atoms with Gasteiger partial charge in [-0.15, -0.1) is 0 Å². The lowest BCUT2D eigenvalue weighted by atomic mass is 9.90. The van der Waals surface area contributed by atoms with Gasteiger partial charge in [0, 0.05) is 29.6 Å². The van der Waals surface area contributed by atoms with Crippen molar-refractivity contribution in [1.29, 1.82) is 0 Å². The van der Waals surface area contributed by atoms with Crippen LogP contribution in [-0.2, 0) is 6.54 Å². The van der Waals surface area contributed by atoms with Gasteiger partial charge in [0.1, 0.15) is 0 Å². The number of nitrogens with zero attached hydrogens (tertiary/aromatic N) is 1. The minimum absolute atomic E-state index is 0.260. The summed E-state index contributed by atoms with van der Waals surface area (Å²) < 4.78 is 0. The number of aromatic nitrogens is 2. The van der Waals surface area contributed by atoms with Crippen LogP contribution in [0, 0.1) is 0 Å². The second kappa shape index (κ2) is 6.54. The maximum atomic E-state index is 5.82. The van der Waals surface area contributed by atoms with E-state index in [1.807, 2.05) is 18.3 Å². The van der Waals surface area contributed by atoms with E-state index in [-0.39, 0.29) is 5.92 Å². The summed E-state index contributed by atoms with van der Waals surface area (Å²) in [7, 11) is 0. The van der Waals surface area contributed by atoms with Gasteiger partial charge in [0.2, 0.25) is 0 Å². The Morgan fingerprint density at radius 2 is 1.80 bits per heavy atom. The predicted octanol–water partition coefficient (Wildman–Crippen LogP) is 4.84. The molecule has 1 unspecified atom stereocenters. The van der Waals surface area contributed by atoms with Crippen LogP contribution < -0.4 is 5.73 Å². The average Bonchev–Trinajstić information content (AvgIpc) is 3.07. The van der Waals surface area contributed by atoms with Crippen LogP contribution in [0.15, 0.2) is 72.9 Å². The summed E-state index contributed by atoms with van der Waals surface area (Å²) in [6.45, 7) is 2.79. The lowest BCUT2D eigenvalue weighted by Gasteiger charge is -2.14. The zero-order valence-corrected chi connectivity index (χ0v) is 14.2. The highest BCUT2D eigenvalue weighted by Crippen LogP contribution is 2.38. The summed E-state index contributed by atoms with van der Waals surface area (Å²) in [6.07, 6.45) is 1.84. The lowest BCUT2D eigenvalue weighted by Crippen LogP contribution is -1.98. The standard InChI is InChI=1S/C22H21N3/c1-15(17-7-3-2-4-8-17)21-18-11-10-16(14-23)13-20(18)25-22(21)19-9-5-6-12-24-19/h2-13,15,25H,14,23H2,1H3. The van der Waals surface area contributed by atoms with E-state index in [0.29, 0.717) is 6.54 Å². The topological polar surface area (TPSA) is 54.7 Å². The van der Waals surface area contributed by atoms with Gasteiger partial charge in [-0.25, -0.2) is 0 Å². The van der Waals surface area contributed by atoms with Crippen LogP contribution in [0.2, 0.25) is 0 Å². The SMILES string of the molecule is CC(c1ccccc1)c1c(-c2ccccn2)[nH]c2cc(CN)ccc12. The van der Waals surface area contributed by atoms with Gasteiger partial charge < -0.3 is 10.7 Å². The molecule has 0 spiro atoms. The lowest BCUT2D eigenvalue weighted by molar-refractivity contribution is 0.933. The van der Waals surface area contributed by atoms with E-state index in [4.69, 9.17) is 5.73 Å². The Morgan fingerprint density at radius 1 is 1.00 bits per heavy atom. The number of rotatable bonds is 4. The maximum Gasteiger partial charge on any atom is 0.0867 e. The summed E-state index contributed by atoms with van der Waals surface area (Å²) in [6, 6.07) is 23.0. The van der Waals surface area contributed by atoms with E-state index in [1.165, 1.54) is 16.5 Å². The third kappa shape index (κ3) is 2.83. The van der Waals surface area contributed by atoms with Crippen molar-refractivity contribution in [2.24, 2.45) is 5.73 Å². The van der Waals surface area contributed by atoms with Gasteiger partial charge >= 0.3 is 0 Å². The van der Waals surface area contributed by atoms with Crippen molar-refractivity contribution in [3.63, 3.8) is 0 Å². The van der Waals surface area contributed by atoms with E-state index in [1.54, 1.807) is 0 Å². The first kappa shape index (κ1) is 15.6. The first-order valence-electron chi connectivity index (χ1n) is 8.59. The van der Waals surface area contributed by atoms with Crippen molar-refractivity contribution in [3.05, 3.63) is 89.6 Å². The Kier molecular flexibility index (Phi) is 4.08. The molecule has 124 valence electrons. The number of hydrogen-bond acceptors (Lipinski definition) is 2. The predicted molar refractivity (Wildman–Crippen MR) is 103 cm³/mol. The number of H-pyrrole nitrogens is 1. The number of benzene rings is 2. The first-order chi connectivity index (χ1) is 12.3. The highest BCUT2D eigenvalue weighted by atomic mass is 14.8. The second-order valence-corrected chi connectivity index (χ2v) is 6.35. The molecule has 25 heavy (non-hydrogen) atoms.